The third kappa shape index (κ3) is 4.90. The summed E-state index contributed by atoms with van der Waals surface area (Å²) in [5.74, 6) is 0.236. The van der Waals surface area contributed by atoms with Gasteiger partial charge in [0.05, 0.1) is 6.04 Å². The summed E-state index contributed by atoms with van der Waals surface area (Å²) in [6.07, 6.45) is 5.19. The van der Waals surface area contributed by atoms with Crippen molar-refractivity contribution < 1.29 is 18.7 Å². The van der Waals surface area contributed by atoms with Crippen molar-refractivity contribution in [3.05, 3.63) is 131 Å². The SMILES string of the molecule is O=C(OCC1c2ccccc2-c2ccccc21)N1C2C=C(c3ccc(OCc4ccccc4)cc3F)CC1CCC2. The second-order valence-electron chi connectivity index (χ2n) is 11.2. The summed E-state index contributed by atoms with van der Waals surface area (Å²) in [4.78, 5) is 15.4. The normalized spacial score (nSPS) is 19.2. The predicted octanol–water partition coefficient (Wildman–Crippen LogP) is 8.36. The van der Waals surface area contributed by atoms with Gasteiger partial charge in [-0.15, -0.1) is 0 Å². The van der Waals surface area contributed by atoms with Crippen LogP contribution in [0.5, 0.6) is 5.75 Å². The van der Waals surface area contributed by atoms with Gasteiger partial charge in [0.1, 0.15) is 24.8 Å². The number of halogens is 1. The van der Waals surface area contributed by atoms with E-state index in [0.29, 0.717) is 30.9 Å². The molecule has 7 rings (SSSR count). The number of piperidine rings is 1. The number of ether oxygens (including phenoxy) is 2. The van der Waals surface area contributed by atoms with Gasteiger partial charge in [-0.25, -0.2) is 9.18 Å². The highest BCUT2D eigenvalue weighted by atomic mass is 19.1. The lowest BCUT2D eigenvalue weighted by Crippen LogP contribution is -2.52. The molecule has 2 unspecified atom stereocenters. The van der Waals surface area contributed by atoms with E-state index in [1.807, 2.05) is 53.4 Å². The van der Waals surface area contributed by atoms with Crippen molar-refractivity contribution in [1.29, 1.82) is 0 Å². The van der Waals surface area contributed by atoms with Crippen LogP contribution >= 0.6 is 0 Å². The Labute approximate surface area is 240 Å². The fourth-order valence-corrected chi connectivity index (χ4v) is 6.77. The molecule has 0 radical (unpaired) electrons. The zero-order valence-corrected chi connectivity index (χ0v) is 22.8. The van der Waals surface area contributed by atoms with Crippen molar-refractivity contribution in [3.63, 3.8) is 0 Å². The van der Waals surface area contributed by atoms with Crippen molar-refractivity contribution in [2.75, 3.05) is 6.61 Å². The van der Waals surface area contributed by atoms with E-state index < -0.39 is 0 Å². The minimum atomic E-state index is -0.297. The molecule has 2 atom stereocenters. The Bertz CT molecular complexity index is 1570. The zero-order chi connectivity index (χ0) is 27.8. The minimum Gasteiger partial charge on any atom is -0.489 e. The highest BCUT2D eigenvalue weighted by molar-refractivity contribution is 5.79. The van der Waals surface area contributed by atoms with Gasteiger partial charge in [0, 0.05) is 23.6 Å². The molecule has 1 fully saturated rings. The molecule has 4 aromatic carbocycles. The van der Waals surface area contributed by atoms with Crippen molar-refractivity contribution in [2.24, 2.45) is 0 Å². The van der Waals surface area contributed by atoms with E-state index in [-0.39, 0.29) is 29.9 Å². The molecule has 41 heavy (non-hydrogen) atoms. The molecule has 1 aliphatic carbocycles. The maximum atomic E-state index is 15.3. The molecule has 0 saturated carbocycles. The van der Waals surface area contributed by atoms with Gasteiger partial charge in [-0.1, -0.05) is 84.9 Å². The summed E-state index contributed by atoms with van der Waals surface area (Å²) in [7, 11) is 0. The van der Waals surface area contributed by atoms with E-state index in [2.05, 4.69) is 42.5 Å². The maximum absolute atomic E-state index is 15.3. The van der Waals surface area contributed by atoms with E-state index in [4.69, 9.17) is 9.47 Å². The van der Waals surface area contributed by atoms with Crippen LogP contribution in [-0.4, -0.2) is 29.7 Å². The highest BCUT2D eigenvalue weighted by Gasteiger charge is 2.39. The van der Waals surface area contributed by atoms with Crippen LogP contribution in [0, 0.1) is 5.82 Å². The molecule has 2 aliphatic heterocycles. The molecular weight excluding hydrogens is 513 g/mol. The number of hydrogen-bond donors (Lipinski definition) is 0. The summed E-state index contributed by atoms with van der Waals surface area (Å²) >= 11 is 0. The van der Waals surface area contributed by atoms with Gasteiger partial charge in [0.2, 0.25) is 0 Å². The molecule has 1 amide bonds. The number of carbonyl (C=O) groups excluding carboxylic acids is 1. The van der Waals surface area contributed by atoms with Gasteiger partial charge in [-0.2, -0.15) is 0 Å². The Kier molecular flexibility index (Phi) is 6.79. The number of amides is 1. The molecular formula is C36H32FNO3. The first-order valence-electron chi connectivity index (χ1n) is 14.5. The van der Waals surface area contributed by atoms with Crippen LogP contribution < -0.4 is 4.74 Å². The maximum Gasteiger partial charge on any atom is 0.410 e. The van der Waals surface area contributed by atoms with Gasteiger partial charge >= 0.3 is 6.09 Å². The Morgan fingerprint density at radius 2 is 1.54 bits per heavy atom. The van der Waals surface area contributed by atoms with E-state index in [1.54, 1.807) is 6.07 Å². The molecule has 3 aliphatic rings. The molecule has 0 aromatic heterocycles. The first-order chi connectivity index (χ1) is 20.2. The minimum absolute atomic E-state index is 0.00203. The number of hydrogen-bond acceptors (Lipinski definition) is 3. The lowest BCUT2D eigenvalue weighted by atomic mass is 9.83. The molecule has 1 saturated heterocycles. The van der Waals surface area contributed by atoms with Crippen LogP contribution in [0.15, 0.2) is 103 Å². The molecule has 4 aromatic rings. The largest absolute Gasteiger partial charge is 0.489 e. The molecule has 2 heterocycles. The smallest absolute Gasteiger partial charge is 0.410 e. The van der Waals surface area contributed by atoms with Crippen LogP contribution in [0.2, 0.25) is 0 Å². The lowest BCUT2D eigenvalue weighted by molar-refractivity contribution is 0.0538. The van der Waals surface area contributed by atoms with Crippen molar-refractivity contribution in [1.82, 2.24) is 4.90 Å². The van der Waals surface area contributed by atoms with Crippen LogP contribution in [-0.2, 0) is 11.3 Å². The second-order valence-corrected chi connectivity index (χ2v) is 11.2. The molecule has 0 spiro atoms. The zero-order valence-electron chi connectivity index (χ0n) is 22.8. The van der Waals surface area contributed by atoms with Crippen LogP contribution in [0.1, 0.15) is 53.9 Å². The molecule has 0 N–H and O–H groups in total. The second kappa shape index (κ2) is 10.9. The van der Waals surface area contributed by atoms with Gasteiger partial charge < -0.3 is 9.47 Å². The summed E-state index contributed by atoms with van der Waals surface area (Å²) < 4.78 is 27.2. The highest BCUT2D eigenvalue weighted by Crippen LogP contribution is 2.45. The van der Waals surface area contributed by atoms with Crippen molar-refractivity contribution in [2.45, 2.75) is 50.3 Å². The number of nitrogens with zero attached hydrogens (tertiary/aromatic N) is 1. The Balaban J connectivity index is 1.05. The third-order valence-electron chi connectivity index (χ3n) is 8.72. The topological polar surface area (TPSA) is 38.8 Å². The first kappa shape index (κ1) is 25.6. The summed E-state index contributed by atoms with van der Waals surface area (Å²) in [6, 6.07) is 31.6. The van der Waals surface area contributed by atoms with Crippen LogP contribution in [0.25, 0.3) is 16.7 Å². The lowest BCUT2D eigenvalue weighted by Gasteiger charge is -2.44. The number of rotatable bonds is 6. The van der Waals surface area contributed by atoms with Crippen LogP contribution in [0.4, 0.5) is 9.18 Å². The number of carbonyl (C=O) groups is 1. The fraction of sp³-hybridized carbons (Fsp3) is 0.250. The van der Waals surface area contributed by atoms with Gasteiger partial charge in [0.15, 0.2) is 0 Å². The van der Waals surface area contributed by atoms with E-state index in [0.717, 1.165) is 30.4 Å². The fourth-order valence-electron chi connectivity index (χ4n) is 6.77. The summed E-state index contributed by atoms with van der Waals surface area (Å²) in [5, 5.41) is 0. The van der Waals surface area contributed by atoms with Crippen molar-refractivity contribution in [3.8, 4) is 16.9 Å². The Morgan fingerprint density at radius 1 is 0.829 bits per heavy atom. The average Bonchev–Trinajstić information content (AvgIpc) is 3.32. The van der Waals surface area contributed by atoms with E-state index in [9.17, 15) is 4.79 Å². The van der Waals surface area contributed by atoms with Gasteiger partial charge in [-0.05, 0) is 71.2 Å². The van der Waals surface area contributed by atoms with E-state index in [1.165, 1.54) is 28.3 Å². The summed E-state index contributed by atoms with van der Waals surface area (Å²) in [6.45, 7) is 0.694. The Hall–Kier alpha value is -4.38. The first-order valence-corrected chi connectivity index (χ1v) is 14.5. The van der Waals surface area contributed by atoms with E-state index >= 15 is 4.39 Å². The monoisotopic (exact) mass is 545 g/mol. The van der Waals surface area contributed by atoms with Gasteiger partial charge in [0.25, 0.3) is 0 Å². The van der Waals surface area contributed by atoms with Crippen molar-refractivity contribution >= 4 is 11.7 Å². The average molecular weight is 546 g/mol. The molecule has 5 heteroatoms. The molecule has 4 nitrogen and oxygen atoms in total. The quantitative estimate of drug-likeness (QED) is 0.244. The summed E-state index contributed by atoms with van der Waals surface area (Å²) in [5.41, 5.74) is 7.40. The molecule has 206 valence electrons. The molecule has 2 bridgehead atoms. The van der Waals surface area contributed by atoms with Crippen LogP contribution in [0.3, 0.4) is 0 Å². The standard InChI is InChI=1S/C36H32FNO3/c37-35-21-28(40-22-24-9-2-1-3-10-24)17-18-29(35)25-19-26-11-8-12-27(20-25)38(26)36(39)41-23-34-32-15-6-4-13-30(32)31-14-5-7-16-33(31)34/h1-7,9-10,13-19,21,26-27,34H,8,11-12,20,22-23H2. The Morgan fingerprint density at radius 3 is 2.24 bits per heavy atom. The number of benzene rings is 4. The predicted molar refractivity (Wildman–Crippen MR) is 158 cm³/mol. The number of fused-ring (bicyclic) bond motifs is 5. The van der Waals surface area contributed by atoms with Gasteiger partial charge in [-0.3, -0.25) is 4.90 Å². The third-order valence-corrected chi connectivity index (χ3v) is 8.72.